The van der Waals surface area contributed by atoms with Gasteiger partial charge in [0.2, 0.25) is 5.91 Å². The van der Waals surface area contributed by atoms with Crippen LogP contribution in [0.15, 0.2) is 24.3 Å². The zero-order valence-corrected chi connectivity index (χ0v) is 16.7. The van der Waals surface area contributed by atoms with Gasteiger partial charge in [0.1, 0.15) is 13.2 Å². The molecule has 1 saturated heterocycles. The molecule has 9 nitrogen and oxygen atoms in total. The third kappa shape index (κ3) is 6.61. The Morgan fingerprint density at radius 3 is 2.79 bits per heavy atom. The van der Waals surface area contributed by atoms with Crippen molar-refractivity contribution in [3.05, 3.63) is 39.9 Å². The van der Waals surface area contributed by atoms with E-state index in [1.54, 1.807) is 17.0 Å². The third-order valence-corrected chi connectivity index (χ3v) is 5.51. The summed E-state index contributed by atoms with van der Waals surface area (Å²) in [6, 6.07) is 7.56. The molecule has 1 aromatic carbocycles. The van der Waals surface area contributed by atoms with Gasteiger partial charge in [0.15, 0.2) is 0 Å². The van der Waals surface area contributed by atoms with E-state index in [9.17, 15) is 19.7 Å². The number of hydrogen-bond donors (Lipinski definition) is 2. The van der Waals surface area contributed by atoms with E-state index in [0.29, 0.717) is 24.3 Å². The first-order chi connectivity index (χ1) is 13.4. The molecule has 2 amide bonds. The van der Waals surface area contributed by atoms with Crippen LogP contribution in [0.5, 0.6) is 0 Å². The molecule has 0 aromatic heterocycles. The zero-order chi connectivity index (χ0) is 20.5. The normalized spacial score (nSPS) is 18.4. The Kier molecular flexibility index (Phi) is 8.41. The lowest BCUT2D eigenvalue weighted by molar-refractivity contribution is -0.384. The van der Waals surface area contributed by atoms with Gasteiger partial charge < -0.3 is 15.0 Å². The number of thiol groups is 1. The largest absolute Gasteiger partial charge is 0.445 e. The highest BCUT2D eigenvalue weighted by molar-refractivity contribution is 8.00. The van der Waals surface area contributed by atoms with Gasteiger partial charge >= 0.3 is 6.09 Å². The number of nitro groups is 1. The minimum Gasteiger partial charge on any atom is -0.445 e. The molecule has 2 atom stereocenters. The number of carbonyl (C=O) groups is 2. The molecule has 0 radical (unpaired) electrons. The van der Waals surface area contributed by atoms with Crippen LogP contribution in [-0.4, -0.2) is 57.7 Å². The molecule has 0 aliphatic carbocycles. The van der Waals surface area contributed by atoms with Crippen molar-refractivity contribution < 1.29 is 19.2 Å². The summed E-state index contributed by atoms with van der Waals surface area (Å²) < 4.78 is 5.33. The number of thioether (sulfide) groups is 1. The first kappa shape index (κ1) is 21.8. The van der Waals surface area contributed by atoms with Crippen molar-refractivity contribution in [2.45, 2.75) is 24.3 Å². The van der Waals surface area contributed by atoms with Gasteiger partial charge in [-0.1, -0.05) is 0 Å². The van der Waals surface area contributed by atoms with Crippen LogP contribution in [0.1, 0.15) is 12.0 Å². The molecule has 0 unspecified atom stereocenters. The lowest BCUT2D eigenvalue weighted by Crippen LogP contribution is -2.38. The number of nitro benzene ring substituents is 1. The minimum absolute atomic E-state index is 0.0149. The Morgan fingerprint density at radius 2 is 2.14 bits per heavy atom. The van der Waals surface area contributed by atoms with E-state index in [1.165, 1.54) is 23.9 Å². The summed E-state index contributed by atoms with van der Waals surface area (Å²) in [7, 11) is 0. The summed E-state index contributed by atoms with van der Waals surface area (Å²) in [6.07, 6.45) is 0.220. The van der Waals surface area contributed by atoms with Crippen LogP contribution in [0.4, 0.5) is 10.5 Å². The Morgan fingerprint density at radius 1 is 1.43 bits per heavy atom. The number of ether oxygens (including phenoxy) is 1. The predicted octanol–water partition coefficient (Wildman–Crippen LogP) is 1.98. The van der Waals surface area contributed by atoms with Gasteiger partial charge in [-0.3, -0.25) is 14.9 Å². The van der Waals surface area contributed by atoms with Crippen molar-refractivity contribution in [2.75, 3.05) is 24.6 Å². The van der Waals surface area contributed by atoms with Gasteiger partial charge in [0, 0.05) is 35.7 Å². The Labute approximate surface area is 172 Å². The average Bonchev–Trinajstić information content (AvgIpc) is 3.05. The van der Waals surface area contributed by atoms with Crippen molar-refractivity contribution in [3.63, 3.8) is 0 Å². The van der Waals surface area contributed by atoms with Crippen LogP contribution in [0, 0.1) is 21.4 Å². The molecule has 1 heterocycles. The Bertz CT molecular complexity index is 753. The molecule has 1 N–H and O–H groups in total. The second-order valence-electron chi connectivity index (χ2n) is 6.12. The van der Waals surface area contributed by atoms with E-state index < -0.39 is 11.0 Å². The number of carbonyl (C=O) groups excluding carboxylic acids is 2. The molecule has 0 saturated carbocycles. The summed E-state index contributed by atoms with van der Waals surface area (Å²) >= 11 is 5.83. The number of likely N-dealkylation sites (tertiary alicyclic amines) is 1. The number of benzene rings is 1. The van der Waals surface area contributed by atoms with E-state index in [0.717, 1.165) is 0 Å². The van der Waals surface area contributed by atoms with E-state index in [-0.39, 0.29) is 41.8 Å². The molecular weight excluding hydrogens is 404 g/mol. The van der Waals surface area contributed by atoms with E-state index in [4.69, 9.17) is 10.00 Å². The van der Waals surface area contributed by atoms with Crippen LogP contribution < -0.4 is 5.32 Å². The molecule has 11 heteroatoms. The molecule has 1 fully saturated rings. The molecule has 1 aliphatic heterocycles. The molecule has 1 aromatic rings. The minimum atomic E-state index is -0.490. The molecule has 0 spiro atoms. The first-order valence-electron chi connectivity index (χ1n) is 8.47. The van der Waals surface area contributed by atoms with Gasteiger partial charge in [0.05, 0.1) is 16.7 Å². The van der Waals surface area contributed by atoms with Crippen LogP contribution in [0.3, 0.4) is 0 Å². The lowest BCUT2D eigenvalue weighted by atomic mass is 10.2. The highest BCUT2D eigenvalue weighted by Crippen LogP contribution is 2.26. The second-order valence-corrected chi connectivity index (χ2v) is 7.88. The maximum Gasteiger partial charge on any atom is 0.410 e. The smallest absolute Gasteiger partial charge is 0.410 e. The summed E-state index contributed by atoms with van der Waals surface area (Å²) in [4.78, 5) is 35.7. The number of non-ortho nitro benzene ring substituents is 1. The highest BCUT2D eigenvalue weighted by atomic mass is 32.2. The molecule has 2 rings (SSSR count). The number of rotatable bonds is 8. The standard InChI is InChI=1S/C17H20N4O5S2/c18-5-6-19-16(22)11-28-10-14-7-15(27)8-20(14)17(23)26-9-12-1-3-13(4-2-12)21(24)25/h1-4,14-15,27H,6-11H2,(H,19,22)/t14-,15-/m0/s1. The molecule has 150 valence electrons. The maximum absolute atomic E-state index is 12.4. The third-order valence-electron chi connectivity index (χ3n) is 4.04. The number of amides is 2. The Hall–Kier alpha value is -2.45. The van der Waals surface area contributed by atoms with Gasteiger partial charge in [0.25, 0.3) is 5.69 Å². The maximum atomic E-state index is 12.4. The van der Waals surface area contributed by atoms with Crippen molar-refractivity contribution >= 4 is 42.1 Å². The zero-order valence-electron chi connectivity index (χ0n) is 14.9. The predicted molar refractivity (Wildman–Crippen MR) is 107 cm³/mol. The number of nitrogens with zero attached hydrogens (tertiary/aromatic N) is 3. The van der Waals surface area contributed by atoms with Gasteiger partial charge in [-0.2, -0.15) is 17.9 Å². The molecule has 0 bridgehead atoms. The molecule has 1 aliphatic rings. The molecular formula is C17H20N4O5S2. The van der Waals surface area contributed by atoms with E-state index in [2.05, 4.69) is 17.9 Å². The van der Waals surface area contributed by atoms with Gasteiger partial charge in [-0.05, 0) is 24.1 Å². The fraction of sp³-hybridized carbons (Fsp3) is 0.471. The molecule has 28 heavy (non-hydrogen) atoms. The van der Waals surface area contributed by atoms with Gasteiger partial charge in [-0.25, -0.2) is 4.79 Å². The summed E-state index contributed by atoms with van der Waals surface area (Å²) in [5.74, 6) is 0.546. The lowest BCUT2D eigenvalue weighted by Gasteiger charge is -2.23. The van der Waals surface area contributed by atoms with Crippen molar-refractivity contribution in [3.8, 4) is 6.07 Å². The first-order valence-corrected chi connectivity index (χ1v) is 10.1. The summed E-state index contributed by atoms with van der Waals surface area (Å²) in [6.45, 7) is 0.442. The van der Waals surface area contributed by atoms with Gasteiger partial charge in [-0.15, -0.1) is 11.8 Å². The quantitative estimate of drug-likeness (QED) is 0.283. The second kappa shape index (κ2) is 10.8. The van der Waals surface area contributed by atoms with E-state index >= 15 is 0 Å². The van der Waals surface area contributed by atoms with Crippen molar-refractivity contribution in [1.29, 1.82) is 5.26 Å². The average molecular weight is 425 g/mol. The topological polar surface area (TPSA) is 126 Å². The fourth-order valence-corrected chi connectivity index (χ4v) is 4.10. The van der Waals surface area contributed by atoms with Crippen LogP contribution in [-0.2, 0) is 16.1 Å². The van der Waals surface area contributed by atoms with Crippen LogP contribution in [0.25, 0.3) is 0 Å². The van der Waals surface area contributed by atoms with E-state index in [1.807, 2.05) is 6.07 Å². The fourth-order valence-electron chi connectivity index (χ4n) is 2.69. The summed E-state index contributed by atoms with van der Waals surface area (Å²) in [5.41, 5.74) is 0.629. The number of nitrogens with one attached hydrogen (secondary N) is 1. The number of hydrogen-bond acceptors (Lipinski definition) is 8. The summed E-state index contributed by atoms with van der Waals surface area (Å²) in [5, 5.41) is 21.6. The van der Waals surface area contributed by atoms with Crippen LogP contribution >= 0.6 is 24.4 Å². The van der Waals surface area contributed by atoms with Crippen molar-refractivity contribution in [2.24, 2.45) is 0 Å². The SMILES string of the molecule is N#CCNC(=O)CSC[C@@H]1C[C@H](S)CN1C(=O)OCc1ccc([N+](=O)[O-])cc1. The Balaban J connectivity index is 1.82. The number of nitriles is 1. The van der Waals surface area contributed by atoms with Crippen molar-refractivity contribution in [1.82, 2.24) is 10.2 Å². The van der Waals surface area contributed by atoms with Crippen LogP contribution in [0.2, 0.25) is 0 Å². The monoisotopic (exact) mass is 424 g/mol. The highest BCUT2D eigenvalue weighted by Gasteiger charge is 2.34.